The van der Waals surface area contributed by atoms with Crippen molar-refractivity contribution in [3.8, 4) is 11.5 Å². The molecule has 2 saturated heterocycles. The molecular weight excluding hydrogens is 590 g/mol. The van der Waals surface area contributed by atoms with Crippen molar-refractivity contribution in [2.24, 2.45) is 17.8 Å². The molecule has 3 amide bonds. The summed E-state index contributed by atoms with van der Waals surface area (Å²) >= 11 is 0. The largest absolute Gasteiger partial charge is 0.493 e. The van der Waals surface area contributed by atoms with Crippen molar-refractivity contribution >= 4 is 17.9 Å². The second-order valence-electron chi connectivity index (χ2n) is 13.8. The number of rotatable bonds is 15. The summed E-state index contributed by atoms with van der Waals surface area (Å²) in [5.74, 6) is 0.767. The SMILES string of the molecule is CC[C@H](C[C@@H]1CN(C(=O)OC(C)(C)C)C[C@H]1CN(C(=O)c1ccc(OC)c(OCCCOC)c1)C(C)C)C(=O)NC1CCOCC1. The van der Waals surface area contributed by atoms with Crippen LogP contribution in [0.1, 0.15) is 84.0 Å². The molecule has 0 unspecified atom stereocenters. The number of carbonyl (C=O) groups is 3. The summed E-state index contributed by atoms with van der Waals surface area (Å²) in [5, 5.41) is 3.24. The molecule has 0 aliphatic carbocycles. The van der Waals surface area contributed by atoms with E-state index >= 15 is 0 Å². The maximum absolute atomic E-state index is 14.0. The van der Waals surface area contributed by atoms with E-state index in [0.717, 1.165) is 12.8 Å². The second-order valence-corrected chi connectivity index (χ2v) is 13.8. The van der Waals surface area contributed by atoms with Gasteiger partial charge in [0.05, 0.1) is 13.7 Å². The Labute approximate surface area is 275 Å². The Bertz CT molecular complexity index is 1130. The van der Waals surface area contributed by atoms with Gasteiger partial charge in [0, 0.05) is 76.6 Å². The van der Waals surface area contributed by atoms with Crippen molar-refractivity contribution in [2.75, 3.05) is 60.3 Å². The number of ether oxygens (including phenoxy) is 5. The monoisotopic (exact) mass is 647 g/mol. The zero-order valence-corrected chi connectivity index (χ0v) is 29.3. The van der Waals surface area contributed by atoms with E-state index in [9.17, 15) is 14.4 Å². The maximum Gasteiger partial charge on any atom is 0.410 e. The molecule has 46 heavy (non-hydrogen) atoms. The summed E-state index contributed by atoms with van der Waals surface area (Å²) < 4.78 is 27.7. The second kappa shape index (κ2) is 17.8. The molecule has 2 aliphatic rings. The van der Waals surface area contributed by atoms with Crippen molar-refractivity contribution in [1.82, 2.24) is 15.1 Å². The van der Waals surface area contributed by atoms with Crippen LogP contribution >= 0.6 is 0 Å². The van der Waals surface area contributed by atoms with Crippen molar-refractivity contribution in [2.45, 2.75) is 91.3 Å². The van der Waals surface area contributed by atoms with E-state index < -0.39 is 5.60 Å². The lowest BCUT2D eigenvalue weighted by Gasteiger charge is -2.32. The van der Waals surface area contributed by atoms with Crippen molar-refractivity contribution in [1.29, 1.82) is 0 Å². The third-order valence-corrected chi connectivity index (χ3v) is 8.72. The highest BCUT2D eigenvalue weighted by Gasteiger charge is 2.41. The molecule has 3 atom stereocenters. The first-order valence-corrected chi connectivity index (χ1v) is 16.8. The van der Waals surface area contributed by atoms with Crippen LogP contribution in [0.25, 0.3) is 0 Å². The third kappa shape index (κ3) is 11.0. The predicted octanol–water partition coefficient (Wildman–Crippen LogP) is 5.16. The lowest BCUT2D eigenvalue weighted by Crippen LogP contribution is -2.44. The Balaban J connectivity index is 1.81. The highest BCUT2D eigenvalue weighted by Crippen LogP contribution is 2.34. The lowest BCUT2D eigenvalue weighted by atomic mass is 9.84. The van der Waals surface area contributed by atoms with Crippen LogP contribution in [0.2, 0.25) is 0 Å². The minimum absolute atomic E-state index is 0.0162. The van der Waals surface area contributed by atoms with Gasteiger partial charge in [-0.2, -0.15) is 0 Å². The van der Waals surface area contributed by atoms with Crippen LogP contribution in [0.5, 0.6) is 11.5 Å². The Morgan fingerprint density at radius 2 is 1.74 bits per heavy atom. The molecule has 11 nitrogen and oxygen atoms in total. The van der Waals surface area contributed by atoms with Crippen LogP contribution in [0.15, 0.2) is 18.2 Å². The van der Waals surface area contributed by atoms with Crippen LogP contribution in [0.3, 0.4) is 0 Å². The average molecular weight is 648 g/mol. The summed E-state index contributed by atoms with van der Waals surface area (Å²) in [5.41, 5.74) is -0.130. The zero-order chi connectivity index (χ0) is 33.9. The van der Waals surface area contributed by atoms with E-state index in [1.54, 1.807) is 37.3 Å². The molecule has 2 heterocycles. The van der Waals surface area contributed by atoms with Gasteiger partial charge < -0.3 is 38.8 Å². The van der Waals surface area contributed by atoms with E-state index in [0.29, 0.717) is 82.4 Å². The van der Waals surface area contributed by atoms with Gasteiger partial charge in [-0.3, -0.25) is 9.59 Å². The van der Waals surface area contributed by atoms with Gasteiger partial charge in [-0.15, -0.1) is 0 Å². The maximum atomic E-state index is 14.0. The summed E-state index contributed by atoms with van der Waals surface area (Å²) in [6.45, 7) is 15.3. The summed E-state index contributed by atoms with van der Waals surface area (Å²) in [7, 11) is 3.22. The van der Waals surface area contributed by atoms with Gasteiger partial charge in [-0.25, -0.2) is 4.79 Å². The number of carbonyl (C=O) groups excluding carboxylic acids is 3. The first-order chi connectivity index (χ1) is 21.9. The number of likely N-dealkylation sites (tertiary alicyclic amines) is 1. The number of hydrogen-bond donors (Lipinski definition) is 1. The minimum atomic E-state index is -0.627. The summed E-state index contributed by atoms with van der Waals surface area (Å²) in [6, 6.07) is 5.26. The summed E-state index contributed by atoms with van der Waals surface area (Å²) in [4.78, 5) is 44.3. The molecule has 0 bridgehead atoms. The fourth-order valence-electron chi connectivity index (χ4n) is 6.13. The fourth-order valence-corrected chi connectivity index (χ4v) is 6.13. The van der Waals surface area contributed by atoms with E-state index in [-0.39, 0.29) is 47.7 Å². The lowest BCUT2D eigenvalue weighted by molar-refractivity contribution is -0.127. The smallest absolute Gasteiger partial charge is 0.410 e. The van der Waals surface area contributed by atoms with Crippen LogP contribution < -0.4 is 14.8 Å². The number of methoxy groups -OCH3 is 2. The molecule has 260 valence electrons. The van der Waals surface area contributed by atoms with E-state index in [4.69, 9.17) is 23.7 Å². The van der Waals surface area contributed by atoms with Crippen LogP contribution in [-0.2, 0) is 19.0 Å². The molecule has 2 fully saturated rings. The van der Waals surface area contributed by atoms with Crippen molar-refractivity contribution in [3.05, 3.63) is 23.8 Å². The molecule has 0 saturated carbocycles. The standard InChI is InChI=1S/C35H57N3O8/c1-9-25(32(39)36-29-13-17-44-18-14-29)19-27-21-37(34(41)46-35(4,5)6)22-28(27)23-38(24(2)3)33(40)26-11-12-30(43-8)31(20-26)45-16-10-15-42-7/h11-12,20,24-25,27-29H,9-10,13-19,21-23H2,1-8H3,(H,36,39)/t25-,27-,28+/m1/s1. The van der Waals surface area contributed by atoms with Gasteiger partial charge in [0.15, 0.2) is 11.5 Å². The van der Waals surface area contributed by atoms with Gasteiger partial charge >= 0.3 is 6.09 Å². The number of benzene rings is 1. The Hall–Kier alpha value is -3.05. The number of nitrogens with one attached hydrogen (secondary N) is 1. The topological polar surface area (TPSA) is 116 Å². The Morgan fingerprint density at radius 1 is 1.04 bits per heavy atom. The highest BCUT2D eigenvalue weighted by atomic mass is 16.6. The zero-order valence-electron chi connectivity index (χ0n) is 29.3. The molecule has 3 rings (SSSR count). The van der Waals surface area contributed by atoms with E-state index in [2.05, 4.69) is 5.32 Å². The van der Waals surface area contributed by atoms with E-state index in [1.165, 1.54) is 0 Å². The summed E-state index contributed by atoms with van der Waals surface area (Å²) in [6.07, 6.45) is 3.29. The van der Waals surface area contributed by atoms with Crippen molar-refractivity contribution in [3.63, 3.8) is 0 Å². The first kappa shape index (κ1) is 37.4. The molecule has 0 radical (unpaired) electrons. The molecule has 0 aromatic heterocycles. The fraction of sp³-hybridized carbons (Fsp3) is 0.743. The average Bonchev–Trinajstić information content (AvgIpc) is 3.42. The number of amides is 3. The molecular formula is C35H57N3O8. The molecule has 2 aliphatic heterocycles. The Kier molecular flexibility index (Phi) is 14.4. The first-order valence-electron chi connectivity index (χ1n) is 16.8. The molecule has 0 spiro atoms. The van der Waals surface area contributed by atoms with Crippen LogP contribution in [0, 0.1) is 17.8 Å². The number of nitrogens with zero attached hydrogens (tertiary/aromatic N) is 2. The normalized spacial score (nSPS) is 19.5. The van der Waals surface area contributed by atoms with Gasteiger partial charge in [0.2, 0.25) is 5.91 Å². The molecule has 11 heteroatoms. The molecule has 1 aromatic carbocycles. The molecule has 1 N–H and O–H groups in total. The van der Waals surface area contributed by atoms with Crippen LogP contribution in [-0.4, -0.2) is 106 Å². The Morgan fingerprint density at radius 3 is 2.35 bits per heavy atom. The third-order valence-electron chi connectivity index (χ3n) is 8.72. The van der Waals surface area contributed by atoms with Gasteiger partial charge in [-0.1, -0.05) is 6.92 Å². The predicted molar refractivity (Wildman–Crippen MR) is 176 cm³/mol. The minimum Gasteiger partial charge on any atom is -0.493 e. The highest BCUT2D eigenvalue weighted by molar-refractivity contribution is 5.95. The number of hydrogen-bond acceptors (Lipinski definition) is 8. The van der Waals surface area contributed by atoms with E-state index in [1.807, 2.05) is 46.4 Å². The molecule has 1 aromatic rings. The van der Waals surface area contributed by atoms with Crippen molar-refractivity contribution < 1.29 is 38.1 Å². The van der Waals surface area contributed by atoms with Crippen LogP contribution in [0.4, 0.5) is 4.79 Å². The van der Waals surface area contributed by atoms with Gasteiger partial charge in [0.25, 0.3) is 5.91 Å². The van der Waals surface area contributed by atoms with Gasteiger partial charge in [0.1, 0.15) is 5.60 Å². The van der Waals surface area contributed by atoms with Gasteiger partial charge in [-0.05, 0) is 90.3 Å². The quantitative estimate of drug-likeness (QED) is 0.260.